The van der Waals surface area contributed by atoms with E-state index in [0.29, 0.717) is 11.4 Å². The van der Waals surface area contributed by atoms with E-state index in [1.54, 1.807) is 11.6 Å². The number of aromatic nitrogens is 5. The van der Waals surface area contributed by atoms with Crippen LogP contribution in [0.5, 0.6) is 5.75 Å². The lowest BCUT2D eigenvalue weighted by Gasteiger charge is -2.32. The van der Waals surface area contributed by atoms with Crippen molar-refractivity contribution in [3.8, 4) is 16.9 Å². The number of nitrogens with one attached hydrogen (secondary N) is 1. The monoisotopic (exact) mass is 418 g/mol. The molecule has 0 bridgehead atoms. The first-order valence-corrected chi connectivity index (χ1v) is 11.0. The molecule has 8 heteroatoms. The minimum Gasteiger partial charge on any atom is -0.493 e. The van der Waals surface area contributed by atoms with E-state index >= 15 is 0 Å². The second-order valence-electron chi connectivity index (χ2n) is 8.83. The van der Waals surface area contributed by atoms with E-state index in [4.69, 9.17) is 4.74 Å². The van der Waals surface area contributed by atoms with Gasteiger partial charge >= 0.3 is 5.69 Å². The fraction of sp³-hybridized carbons (Fsp3) is 0.435. The average molecular weight is 419 g/mol. The van der Waals surface area contributed by atoms with Gasteiger partial charge in [0.15, 0.2) is 11.4 Å². The number of benzene rings is 1. The molecular weight excluding hydrogens is 392 g/mol. The summed E-state index contributed by atoms with van der Waals surface area (Å²) in [5.74, 6) is 1.58. The van der Waals surface area contributed by atoms with Crippen LogP contribution < -0.4 is 10.4 Å². The highest BCUT2D eigenvalue weighted by Crippen LogP contribution is 2.33. The van der Waals surface area contributed by atoms with Crippen molar-refractivity contribution < 1.29 is 4.74 Å². The summed E-state index contributed by atoms with van der Waals surface area (Å²) in [6, 6.07) is 8.36. The first-order valence-electron chi connectivity index (χ1n) is 11.0. The van der Waals surface area contributed by atoms with Crippen LogP contribution in [0.25, 0.3) is 27.8 Å². The molecule has 3 aromatic heterocycles. The number of hydrogen-bond acceptors (Lipinski definition) is 5. The number of fused-ring (bicyclic) bond motifs is 2. The molecule has 1 saturated carbocycles. The van der Waals surface area contributed by atoms with E-state index in [0.717, 1.165) is 54.0 Å². The van der Waals surface area contributed by atoms with Gasteiger partial charge in [0.05, 0.1) is 18.1 Å². The summed E-state index contributed by atoms with van der Waals surface area (Å²) in [5, 5.41) is 4.24. The Morgan fingerprint density at radius 1 is 1.13 bits per heavy atom. The topological polar surface area (TPSA) is 80.5 Å². The largest absolute Gasteiger partial charge is 0.493 e. The molecule has 0 spiro atoms. The summed E-state index contributed by atoms with van der Waals surface area (Å²) in [4.78, 5) is 22.7. The van der Waals surface area contributed by atoms with Crippen molar-refractivity contribution in [1.82, 2.24) is 29.0 Å². The minimum atomic E-state index is -0.0166. The van der Waals surface area contributed by atoms with E-state index in [1.165, 1.54) is 25.7 Å². The summed E-state index contributed by atoms with van der Waals surface area (Å²) in [7, 11) is 1.63. The predicted molar refractivity (Wildman–Crippen MR) is 119 cm³/mol. The zero-order valence-electron chi connectivity index (χ0n) is 17.6. The molecule has 0 unspecified atom stereocenters. The van der Waals surface area contributed by atoms with Crippen molar-refractivity contribution >= 4 is 16.7 Å². The molecule has 2 aliphatic rings. The zero-order chi connectivity index (χ0) is 20.9. The van der Waals surface area contributed by atoms with Gasteiger partial charge in [-0.05, 0) is 55.4 Å². The second-order valence-corrected chi connectivity index (χ2v) is 8.83. The molecule has 1 aromatic carbocycles. The molecule has 160 valence electrons. The van der Waals surface area contributed by atoms with Crippen LogP contribution in [0, 0.1) is 5.92 Å². The highest BCUT2D eigenvalue weighted by molar-refractivity contribution is 5.83. The standard InChI is InChI=1S/C23H26N6O2/c1-31-21-11-17(13-28-22(21)24-14-25-28)16-4-5-20-19(10-16)26-23(30)29(20)18-6-8-27(9-7-18)12-15-2-3-15/h4-5,10-11,13-15,18H,2-3,6-9,12H2,1H3,(H,26,30). The Labute approximate surface area is 179 Å². The molecule has 4 aromatic rings. The lowest BCUT2D eigenvalue weighted by molar-refractivity contribution is 0.180. The van der Waals surface area contributed by atoms with Crippen LogP contribution >= 0.6 is 0 Å². The molecular formula is C23H26N6O2. The number of piperidine rings is 1. The number of aromatic amines is 1. The third kappa shape index (κ3) is 3.31. The number of hydrogen-bond donors (Lipinski definition) is 1. The fourth-order valence-corrected chi connectivity index (χ4v) is 4.90. The van der Waals surface area contributed by atoms with Crippen molar-refractivity contribution in [1.29, 1.82) is 0 Å². The first kappa shape index (κ1) is 18.6. The van der Waals surface area contributed by atoms with E-state index in [1.807, 2.05) is 22.9 Å². The number of methoxy groups -OCH3 is 1. The van der Waals surface area contributed by atoms with Gasteiger partial charge in [-0.1, -0.05) is 6.07 Å². The third-order valence-electron chi connectivity index (χ3n) is 6.75. The van der Waals surface area contributed by atoms with Gasteiger partial charge in [0.25, 0.3) is 0 Å². The van der Waals surface area contributed by atoms with Crippen LogP contribution in [-0.4, -0.2) is 55.8 Å². The molecule has 8 nitrogen and oxygen atoms in total. The summed E-state index contributed by atoms with van der Waals surface area (Å²) in [5.41, 5.74) is 4.45. The van der Waals surface area contributed by atoms with Crippen LogP contribution in [0.4, 0.5) is 0 Å². The third-order valence-corrected chi connectivity index (χ3v) is 6.75. The highest BCUT2D eigenvalue weighted by Gasteiger charge is 2.28. The molecule has 31 heavy (non-hydrogen) atoms. The van der Waals surface area contributed by atoms with Crippen LogP contribution in [-0.2, 0) is 0 Å². The molecule has 1 N–H and O–H groups in total. The summed E-state index contributed by atoms with van der Waals surface area (Å²) in [6.07, 6.45) is 8.28. The first-order chi connectivity index (χ1) is 15.2. The molecule has 1 aliphatic carbocycles. The van der Waals surface area contributed by atoms with Crippen molar-refractivity contribution in [3.63, 3.8) is 0 Å². The Bertz CT molecular complexity index is 1310. The van der Waals surface area contributed by atoms with Crippen LogP contribution in [0.1, 0.15) is 31.7 Å². The molecule has 6 rings (SSSR count). The Morgan fingerprint density at radius 2 is 1.97 bits per heavy atom. The lowest BCUT2D eigenvalue weighted by atomic mass is 10.0. The van der Waals surface area contributed by atoms with Crippen LogP contribution in [0.2, 0.25) is 0 Å². The van der Waals surface area contributed by atoms with Crippen molar-refractivity contribution in [2.24, 2.45) is 5.92 Å². The number of rotatable bonds is 5. The molecule has 4 heterocycles. The number of pyridine rings is 1. The number of imidazole rings is 1. The molecule has 0 atom stereocenters. The van der Waals surface area contributed by atoms with Gasteiger partial charge in [0.2, 0.25) is 0 Å². The molecule has 1 saturated heterocycles. The van der Waals surface area contributed by atoms with Crippen molar-refractivity contribution in [2.75, 3.05) is 26.7 Å². The SMILES string of the molecule is COc1cc(-c2ccc3c(c2)[nH]c(=O)n3C2CCN(CC3CC3)CC2)cn2ncnc12. The zero-order valence-corrected chi connectivity index (χ0v) is 17.6. The van der Waals surface area contributed by atoms with E-state index < -0.39 is 0 Å². The van der Waals surface area contributed by atoms with Crippen molar-refractivity contribution in [2.45, 2.75) is 31.7 Å². The fourth-order valence-electron chi connectivity index (χ4n) is 4.90. The maximum absolute atomic E-state index is 12.8. The average Bonchev–Trinajstić information content (AvgIpc) is 3.36. The normalized spacial score (nSPS) is 18.2. The second kappa shape index (κ2) is 7.23. The van der Waals surface area contributed by atoms with Gasteiger partial charge in [-0.3, -0.25) is 4.57 Å². The summed E-state index contributed by atoms with van der Waals surface area (Å²) < 4.78 is 9.16. The van der Waals surface area contributed by atoms with Crippen LogP contribution in [0.15, 0.2) is 41.6 Å². The van der Waals surface area contributed by atoms with Gasteiger partial charge < -0.3 is 14.6 Å². The van der Waals surface area contributed by atoms with Gasteiger partial charge in [-0.25, -0.2) is 14.3 Å². The number of likely N-dealkylation sites (tertiary alicyclic amines) is 1. The maximum Gasteiger partial charge on any atom is 0.326 e. The Hall–Kier alpha value is -3.13. The molecule has 2 fully saturated rings. The molecule has 1 aliphatic heterocycles. The number of ether oxygens (including phenoxy) is 1. The van der Waals surface area contributed by atoms with Gasteiger partial charge in [-0.15, -0.1) is 0 Å². The Balaban J connectivity index is 1.32. The number of nitrogens with zero attached hydrogens (tertiary/aromatic N) is 5. The quantitative estimate of drug-likeness (QED) is 0.539. The predicted octanol–water partition coefficient (Wildman–Crippen LogP) is 3.09. The minimum absolute atomic E-state index is 0.0166. The van der Waals surface area contributed by atoms with Gasteiger partial charge in [0, 0.05) is 37.4 Å². The van der Waals surface area contributed by atoms with Gasteiger partial charge in [-0.2, -0.15) is 5.10 Å². The molecule has 0 radical (unpaired) electrons. The Kier molecular flexibility index (Phi) is 4.34. The highest BCUT2D eigenvalue weighted by atomic mass is 16.5. The van der Waals surface area contributed by atoms with Gasteiger partial charge in [0.1, 0.15) is 6.33 Å². The summed E-state index contributed by atoms with van der Waals surface area (Å²) in [6.45, 7) is 3.39. The lowest BCUT2D eigenvalue weighted by Crippen LogP contribution is -2.37. The van der Waals surface area contributed by atoms with Crippen molar-refractivity contribution in [3.05, 3.63) is 47.3 Å². The molecule has 0 amide bonds. The van der Waals surface area contributed by atoms with E-state index in [9.17, 15) is 4.79 Å². The summed E-state index contributed by atoms with van der Waals surface area (Å²) >= 11 is 0. The maximum atomic E-state index is 12.8. The smallest absolute Gasteiger partial charge is 0.326 e. The Morgan fingerprint density at radius 3 is 2.74 bits per heavy atom. The number of H-pyrrole nitrogens is 1. The van der Waals surface area contributed by atoms with E-state index in [-0.39, 0.29) is 11.7 Å². The van der Waals surface area contributed by atoms with Crippen LogP contribution in [0.3, 0.4) is 0 Å². The van der Waals surface area contributed by atoms with E-state index in [2.05, 4.69) is 32.1 Å².